The van der Waals surface area contributed by atoms with Crippen LogP contribution in [0.5, 0.6) is 0 Å². The Bertz CT molecular complexity index is 475. The van der Waals surface area contributed by atoms with Crippen LogP contribution >= 0.6 is 11.6 Å². The molecule has 1 heterocycles. The smallest absolute Gasteiger partial charge is 0.423 e. The summed E-state index contributed by atoms with van der Waals surface area (Å²) in [5.74, 6) is 0. The van der Waals surface area contributed by atoms with Gasteiger partial charge in [-0.05, 0) is 17.6 Å². The monoisotopic (exact) mass is 207 g/mol. The Morgan fingerprint density at radius 1 is 1.21 bits per heavy atom. The number of hydrogen-bond acceptors (Lipinski definition) is 3. The van der Waals surface area contributed by atoms with Crippen LogP contribution in [0.1, 0.15) is 0 Å². The van der Waals surface area contributed by atoms with Gasteiger partial charge < -0.3 is 10.0 Å². The third-order valence-corrected chi connectivity index (χ3v) is 2.34. The summed E-state index contributed by atoms with van der Waals surface area (Å²) in [7, 11) is -1.48. The largest absolute Gasteiger partial charge is 0.488 e. The number of nitrogens with zero attached hydrogens (tertiary/aromatic N) is 1. The molecule has 0 amide bonds. The Balaban J connectivity index is 2.70. The van der Waals surface area contributed by atoms with Gasteiger partial charge in [-0.1, -0.05) is 23.7 Å². The molecule has 0 bridgehead atoms. The normalized spacial score (nSPS) is 10.5. The van der Waals surface area contributed by atoms with Crippen molar-refractivity contribution in [2.45, 2.75) is 0 Å². The van der Waals surface area contributed by atoms with Crippen LogP contribution in [0, 0.1) is 0 Å². The fourth-order valence-electron chi connectivity index (χ4n) is 1.29. The topological polar surface area (TPSA) is 53.4 Å². The van der Waals surface area contributed by atoms with E-state index < -0.39 is 7.12 Å². The second-order valence-electron chi connectivity index (χ2n) is 2.94. The molecule has 0 unspecified atom stereocenters. The third kappa shape index (κ3) is 1.59. The van der Waals surface area contributed by atoms with E-state index in [1.165, 1.54) is 0 Å². The molecule has 3 nitrogen and oxygen atoms in total. The predicted octanol–water partition coefficient (Wildman–Crippen LogP) is 0.568. The van der Waals surface area contributed by atoms with E-state index >= 15 is 0 Å². The fraction of sp³-hybridized carbons (Fsp3) is 0. The summed E-state index contributed by atoms with van der Waals surface area (Å²) in [5, 5.41) is 19.2. The van der Waals surface area contributed by atoms with Gasteiger partial charge in [0, 0.05) is 11.6 Å². The van der Waals surface area contributed by atoms with Crippen molar-refractivity contribution in [2.24, 2.45) is 0 Å². The fourth-order valence-corrected chi connectivity index (χ4v) is 1.50. The molecule has 2 aromatic rings. The summed E-state index contributed by atoms with van der Waals surface area (Å²) in [4.78, 5) is 4.09. The summed E-state index contributed by atoms with van der Waals surface area (Å²) in [6.07, 6.45) is 1.61. The van der Waals surface area contributed by atoms with Crippen molar-refractivity contribution in [2.75, 3.05) is 0 Å². The summed E-state index contributed by atoms with van der Waals surface area (Å²) in [6.45, 7) is 0. The second kappa shape index (κ2) is 3.57. The highest BCUT2D eigenvalue weighted by Gasteiger charge is 2.11. The lowest BCUT2D eigenvalue weighted by Gasteiger charge is -2.02. The summed E-state index contributed by atoms with van der Waals surface area (Å²) >= 11 is 5.93. The van der Waals surface area contributed by atoms with Gasteiger partial charge in [-0.25, -0.2) is 0 Å². The highest BCUT2D eigenvalue weighted by molar-refractivity contribution is 6.59. The van der Waals surface area contributed by atoms with Crippen molar-refractivity contribution in [3.05, 3.63) is 35.5 Å². The Kier molecular flexibility index (Phi) is 2.41. The molecule has 0 saturated heterocycles. The quantitative estimate of drug-likeness (QED) is 0.672. The van der Waals surface area contributed by atoms with E-state index in [0.29, 0.717) is 10.5 Å². The van der Waals surface area contributed by atoms with Crippen LogP contribution in [-0.2, 0) is 0 Å². The first-order valence-electron chi connectivity index (χ1n) is 4.09. The van der Waals surface area contributed by atoms with Gasteiger partial charge in [0.1, 0.15) is 0 Å². The molecular weight excluding hydrogens is 200 g/mol. The number of benzene rings is 1. The van der Waals surface area contributed by atoms with Crippen molar-refractivity contribution in [1.82, 2.24) is 4.98 Å². The van der Waals surface area contributed by atoms with Gasteiger partial charge in [0.15, 0.2) is 0 Å². The zero-order valence-electron chi connectivity index (χ0n) is 7.18. The summed E-state index contributed by atoms with van der Waals surface area (Å²) in [5.41, 5.74) is 1.15. The van der Waals surface area contributed by atoms with Crippen LogP contribution in [0.4, 0.5) is 0 Å². The average molecular weight is 207 g/mol. The molecule has 0 saturated carbocycles. The lowest BCUT2D eigenvalue weighted by Crippen LogP contribution is -2.29. The number of aromatic nitrogens is 1. The molecule has 14 heavy (non-hydrogen) atoms. The van der Waals surface area contributed by atoms with E-state index in [-0.39, 0.29) is 0 Å². The third-order valence-electron chi connectivity index (χ3n) is 2.01. The number of halogens is 1. The lowest BCUT2D eigenvalue weighted by atomic mass is 9.80. The molecule has 0 spiro atoms. The standard InChI is InChI=1S/C9H7BClNO2/c11-8-3-4-12-9-2-1-6(10(13)14)5-7(8)9/h1-5,13-14H. The van der Waals surface area contributed by atoms with Crippen LogP contribution in [-0.4, -0.2) is 22.2 Å². The molecule has 0 radical (unpaired) electrons. The molecule has 1 aromatic carbocycles. The molecule has 2 rings (SSSR count). The van der Waals surface area contributed by atoms with Gasteiger partial charge >= 0.3 is 7.12 Å². The Hall–Kier alpha value is -1.10. The van der Waals surface area contributed by atoms with E-state index in [1.807, 2.05) is 0 Å². The molecule has 0 aliphatic rings. The number of rotatable bonds is 1. The highest BCUT2D eigenvalue weighted by Crippen LogP contribution is 2.19. The Morgan fingerprint density at radius 3 is 2.71 bits per heavy atom. The number of fused-ring (bicyclic) bond motifs is 1. The first-order valence-corrected chi connectivity index (χ1v) is 4.46. The van der Waals surface area contributed by atoms with E-state index in [2.05, 4.69) is 4.98 Å². The molecular formula is C9H7BClNO2. The number of hydrogen-bond donors (Lipinski definition) is 2. The molecule has 2 N–H and O–H groups in total. The maximum atomic E-state index is 8.97. The van der Waals surface area contributed by atoms with Gasteiger partial charge in [0.05, 0.1) is 10.5 Å². The molecule has 0 aliphatic heterocycles. The van der Waals surface area contributed by atoms with E-state index in [9.17, 15) is 0 Å². The summed E-state index contributed by atoms with van der Waals surface area (Å²) in [6, 6.07) is 6.60. The van der Waals surface area contributed by atoms with Crippen LogP contribution in [0.25, 0.3) is 10.9 Å². The summed E-state index contributed by atoms with van der Waals surface area (Å²) < 4.78 is 0. The first kappa shape index (κ1) is 9.46. The van der Waals surface area contributed by atoms with E-state index in [0.717, 1.165) is 10.9 Å². The Morgan fingerprint density at radius 2 is 2.00 bits per heavy atom. The SMILES string of the molecule is OB(O)c1ccc2nccc(Cl)c2c1. The van der Waals surface area contributed by atoms with E-state index in [1.54, 1.807) is 30.5 Å². The van der Waals surface area contributed by atoms with Gasteiger partial charge in [-0.3, -0.25) is 4.98 Å². The van der Waals surface area contributed by atoms with Gasteiger partial charge in [0.2, 0.25) is 0 Å². The minimum atomic E-state index is -1.48. The van der Waals surface area contributed by atoms with Crippen molar-refractivity contribution in [3.63, 3.8) is 0 Å². The molecule has 1 aromatic heterocycles. The minimum absolute atomic E-state index is 0.410. The molecule has 5 heteroatoms. The van der Waals surface area contributed by atoms with Crippen LogP contribution in [0.3, 0.4) is 0 Å². The molecule has 70 valence electrons. The second-order valence-corrected chi connectivity index (χ2v) is 3.35. The predicted molar refractivity (Wildman–Crippen MR) is 56.6 cm³/mol. The highest BCUT2D eigenvalue weighted by atomic mass is 35.5. The number of pyridine rings is 1. The van der Waals surface area contributed by atoms with Gasteiger partial charge in [-0.15, -0.1) is 0 Å². The average Bonchev–Trinajstić information content (AvgIpc) is 2.18. The maximum Gasteiger partial charge on any atom is 0.488 e. The zero-order valence-corrected chi connectivity index (χ0v) is 7.94. The minimum Gasteiger partial charge on any atom is -0.423 e. The van der Waals surface area contributed by atoms with Crippen LogP contribution in [0.15, 0.2) is 30.5 Å². The van der Waals surface area contributed by atoms with Crippen molar-refractivity contribution >= 4 is 35.1 Å². The maximum absolute atomic E-state index is 8.97. The molecule has 0 fully saturated rings. The zero-order chi connectivity index (χ0) is 10.1. The van der Waals surface area contributed by atoms with Crippen molar-refractivity contribution < 1.29 is 10.0 Å². The molecule has 0 aliphatic carbocycles. The van der Waals surface area contributed by atoms with Crippen LogP contribution < -0.4 is 5.46 Å². The lowest BCUT2D eigenvalue weighted by molar-refractivity contribution is 0.426. The molecule has 0 atom stereocenters. The van der Waals surface area contributed by atoms with Crippen molar-refractivity contribution in [3.8, 4) is 0 Å². The van der Waals surface area contributed by atoms with Crippen LogP contribution in [0.2, 0.25) is 5.02 Å². The first-order chi connectivity index (χ1) is 6.68. The van der Waals surface area contributed by atoms with Gasteiger partial charge in [-0.2, -0.15) is 0 Å². The van der Waals surface area contributed by atoms with E-state index in [4.69, 9.17) is 21.6 Å². The van der Waals surface area contributed by atoms with Gasteiger partial charge in [0.25, 0.3) is 0 Å². The Labute approximate surface area is 86.1 Å². The van der Waals surface area contributed by atoms with Crippen molar-refractivity contribution in [1.29, 1.82) is 0 Å².